The first kappa shape index (κ1) is 7.24. The van der Waals surface area contributed by atoms with Gasteiger partial charge in [-0.05, 0) is 13.0 Å². The summed E-state index contributed by atoms with van der Waals surface area (Å²) in [7, 11) is 1.59. The van der Waals surface area contributed by atoms with Crippen molar-refractivity contribution in [2.75, 3.05) is 7.11 Å². The molecule has 0 amide bonds. The van der Waals surface area contributed by atoms with Crippen molar-refractivity contribution in [2.24, 2.45) is 0 Å². The molecule has 0 aliphatic carbocycles. The number of hydroxylamine groups is 1. The van der Waals surface area contributed by atoms with Gasteiger partial charge >= 0.3 is 0 Å². The molecule has 0 spiro atoms. The molecule has 10 heavy (non-hydrogen) atoms. The highest BCUT2D eigenvalue weighted by Gasteiger charge is 2.03. The second kappa shape index (κ2) is 3.34. The number of H-pyrrole nitrogens is 1. The van der Waals surface area contributed by atoms with Gasteiger partial charge in [0.1, 0.15) is 0 Å². The predicted octanol–water partition coefficient (Wildman–Crippen LogP) is 0.622. The zero-order valence-electron chi connectivity index (χ0n) is 6.09. The average Bonchev–Trinajstić information content (AvgIpc) is 2.38. The molecule has 4 nitrogen and oxygen atoms in total. The van der Waals surface area contributed by atoms with Crippen molar-refractivity contribution in [3.63, 3.8) is 0 Å². The van der Waals surface area contributed by atoms with Crippen LogP contribution in [0.25, 0.3) is 0 Å². The lowest BCUT2D eigenvalue weighted by molar-refractivity contribution is 0.0647. The molecule has 0 aliphatic rings. The smallest absolute Gasteiger partial charge is 0.0709 e. The van der Waals surface area contributed by atoms with Gasteiger partial charge in [0.2, 0.25) is 0 Å². The normalized spacial score (nSPS) is 13.4. The fourth-order valence-electron chi connectivity index (χ4n) is 0.748. The highest BCUT2D eigenvalue weighted by atomic mass is 16.6. The Morgan fingerprint density at radius 1 is 1.80 bits per heavy atom. The Kier molecular flexibility index (Phi) is 2.42. The maximum absolute atomic E-state index is 4.73. The van der Waals surface area contributed by atoms with Crippen LogP contribution in [0.4, 0.5) is 0 Å². The van der Waals surface area contributed by atoms with Gasteiger partial charge in [-0.1, -0.05) is 0 Å². The highest BCUT2D eigenvalue weighted by Crippen LogP contribution is 2.05. The van der Waals surface area contributed by atoms with Crippen LogP contribution in [0.1, 0.15) is 18.7 Å². The van der Waals surface area contributed by atoms with E-state index in [1.165, 1.54) is 0 Å². The molecule has 1 rings (SSSR count). The van der Waals surface area contributed by atoms with E-state index < -0.39 is 0 Å². The van der Waals surface area contributed by atoms with Gasteiger partial charge in [-0.2, -0.15) is 10.6 Å². The summed E-state index contributed by atoms with van der Waals surface area (Å²) in [4.78, 5) is 4.73. The lowest BCUT2D eigenvalue weighted by atomic mass is 10.3. The van der Waals surface area contributed by atoms with Crippen LogP contribution in [0.2, 0.25) is 0 Å². The molecule has 1 heterocycles. The summed E-state index contributed by atoms with van der Waals surface area (Å²) in [6, 6.07) is 2.06. The fourth-order valence-corrected chi connectivity index (χ4v) is 0.748. The van der Waals surface area contributed by atoms with Gasteiger partial charge in [0.05, 0.1) is 18.8 Å². The van der Waals surface area contributed by atoms with Gasteiger partial charge in [-0.15, -0.1) is 0 Å². The molecule has 0 saturated carbocycles. The average molecular weight is 141 g/mol. The standard InChI is InChI=1S/C6H11N3O/c1-5(9-10-2)6-3-4-7-8-6/h3-5,9H,1-2H3,(H,7,8). The summed E-state index contributed by atoms with van der Waals surface area (Å²) in [6.45, 7) is 1.98. The minimum absolute atomic E-state index is 0.160. The monoisotopic (exact) mass is 141 g/mol. The molecule has 0 aromatic carbocycles. The Morgan fingerprint density at radius 3 is 3.10 bits per heavy atom. The van der Waals surface area contributed by atoms with Gasteiger partial charge in [0.25, 0.3) is 0 Å². The van der Waals surface area contributed by atoms with E-state index in [0.717, 1.165) is 5.69 Å². The minimum atomic E-state index is 0.160. The summed E-state index contributed by atoms with van der Waals surface area (Å²) >= 11 is 0. The van der Waals surface area contributed by atoms with Crippen LogP contribution in [-0.4, -0.2) is 17.3 Å². The van der Waals surface area contributed by atoms with Crippen LogP contribution in [0, 0.1) is 0 Å². The Balaban J connectivity index is 2.50. The van der Waals surface area contributed by atoms with Crippen molar-refractivity contribution in [3.8, 4) is 0 Å². The third-order valence-corrected chi connectivity index (χ3v) is 1.28. The Hall–Kier alpha value is -0.870. The molecule has 1 aromatic heterocycles. The minimum Gasteiger partial charge on any atom is -0.304 e. The molecular formula is C6H11N3O. The summed E-state index contributed by atoms with van der Waals surface area (Å²) < 4.78 is 0. The number of rotatable bonds is 3. The first-order valence-corrected chi connectivity index (χ1v) is 3.12. The largest absolute Gasteiger partial charge is 0.304 e. The molecule has 0 bridgehead atoms. The molecule has 1 aromatic rings. The van der Waals surface area contributed by atoms with Crippen molar-refractivity contribution in [1.82, 2.24) is 15.7 Å². The third-order valence-electron chi connectivity index (χ3n) is 1.28. The highest BCUT2D eigenvalue weighted by molar-refractivity contribution is 5.01. The second-order valence-corrected chi connectivity index (χ2v) is 2.06. The second-order valence-electron chi connectivity index (χ2n) is 2.06. The molecule has 0 saturated heterocycles. The molecule has 0 aliphatic heterocycles. The van der Waals surface area contributed by atoms with Gasteiger partial charge in [-0.25, -0.2) is 0 Å². The molecule has 2 N–H and O–H groups in total. The quantitative estimate of drug-likeness (QED) is 0.607. The van der Waals surface area contributed by atoms with Gasteiger partial charge in [0.15, 0.2) is 0 Å². The fraction of sp³-hybridized carbons (Fsp3) is 0.500. The van der Waals surface area contributed by atoms with E-state index in [1.807, 2.05) is 13.0 Å². The summed E-state index contributed by atoms with van der Waals surface area (Å²) in [5.74, 6) is 0. The van der Waals surface area contributed by atoms with Gasteiger partial charge in [0, 0.05) is 6.20 Å². The number of nitrogens with zero attached hydrogens (tertiary/aromatic N) is 1. The predicted molar refractivity (Wildman–Crippen MR) is 37.1 cm³/mol. The van der Waals surface area contributed by atoms with E-state index in [-0.39, 0.29) is 6.04 Å². The maximum atomic E-state index is 4.73. The number of aromatic nitrogens is 2. The van der Waals surface area contributed by atoms with Crippen molar-refractivity contribution < 1.29 is 4.84 Å². The van der Waals surface area contributed by atoms with E-state index in [4.69, 9.17) is 4.84 Å². The van der Waals surface area contributed by atoms with Crippen LogP contribution >= 0.6 is 0 Å². The zero-order chi connectivity index (χ0) is 7.40. The number of hydrogen-bond acceptors (Lipinski definition) is 3. The van der Waals surface area contributed by atoms with E-state index >= 15 is 0 Å². The number of aromatic amines is 1. The molecule has 1 unspecified atom stereocenters. The van der Waals surface area contributed by atoms with Crippen molar-refractivity contribution >= 4 is 0 Å². The molecular weight excluding hydrogens is 130 g/mol. The Morgan fingerprint density at radius 2 is 2.60 bits per heavy atom. The summed E-state index contributed by atoms with van der Waals surface area (Å²) in [5, 5.41) is 6.63. The molecule has 56 valence electrons. The van der Waals surface area contributed by atoms with Crippen LogP contribution < -0.4 is 5.48 Å². The van der Waals surface area contributed by atoms with Crippen LogP contribution in [0.15, 0.2) is 12.3 Å². The number of nitrogens with one attached hydrogen (secondary N) is 2. The van der Waals surface area contributed by atoms with Crippen molar-refractivity contribution in [1.29, 1.82) is 0 Å². The van der Waals surface area contributed by atoms with E-state index in [1.54, 1.807) is 13.3 Å². The van der Waals surface area contributed by atoms with Crippen molar-refractivity contribution in [3.05, 3.63) is 18.0 Å². The van der Waals surface area contributed by atoms with Gasteiger partial charge in [-0.3, -0.25) is 5.10 Å². The topological polar surface area (TPSA) is 49.9 Å². The molecule has 0 radical (unpaired) electrons. The lowest BCUT2D eigenvalue weighted by Crippen LogP contribution is -2.16. The van der Waals surface area contributed by atoms with E-state index in [2.05, 4.69) is 15.7 Å². The van der Waals surface area contributed by atoms with Crippen LogP contribution in [0.5, 0.6) is 0 Å². The number of hydrogen-bond donors (Lipinski definition) is 2. The maximum Gasteiger partial charge on any atom is 0.0709 e. The van der Waals surface area contributed by atoms with Crippen molar-refractivity contribution in [2.45, 2.75) is 13.0 Å². The van der Waals surface area contributed by atoms with Crippen LogP contribution in [0.3, 0.4) is 0 Å². The lowest BCUT2D eigenvalue weighted by Gasteiger charge is -2.07. The summed E-state index contributed by atoms with van der Waals surface area (Å²) in [5.41, 5.74) is 3.79. The molecule has 4 heteroatoms. The first-order chi connectivity index (χ1) is 4.84. The third kappa shape index (κ3) is 1.55. The molecule has 1 atom stereocenters. The van der Waals surface area contributed by atoms with E-state index in [0.29, 0.717) is 0 Å². The van der Waals surface area contributed by atoms with Crippen LogP contribution in [-0.2, 0) is 4.84 Å². The molecule has 0 fully saturated rings. The summed E-state index contributed by atoms with van der Waals surface area (Å²) in [6.07, 6.45) is 1.71. The Labute approximate surface area is 59.5 Å². The SMILES string of the molecule is CONC(C)c1ccn[nH]1. The zero-order valence-corrected chi connectivity index (χ0v) is 6.09. The Bertz CT molecular complexity index is 173. The van der Waals surface area contributed by atoms with Gasteiger partial charge < -0.3 is 4.84 Å². The van der Waals surface area contributed by atoms with E-state index in [9.17, 15) is 0 Å². The first-order valence-electron chi connectivity index (χ1n) is 3.12.